The number of esters is 1. The van der Waals surface area contributed by atoms with Crippen molar-refractivity contribution in [1.29, 1.82) is 0 Å². The second kappa shape index (κ2) is 57.9. The minimum Gasteiger partial charge on any atom is -0.456 e. The smallest absolute Gasteiger partial charge is 0.456 e. The van der Waals surface area contributed by atoms with Gasteiger partial charge in [-0.15, -0.1) is 0 Å². The number of hydrogen-bond donors (Lipinski definition) is 2. The zero-order chi connectivity index (χ0) is 57.2. The van der Waals surface area contributed by atoms with Gasteiger partial charge in [-0.2, -0.15) is 0 Å². The van der Waals surface area contributed by atoms with Gasteiger partial charge in [0.2, 0.25) is 5.91 Å². The minimum atomic E-state index is -4.46. The number of likely N-dealkylation sites (N-methyl/N-ethyl adjacent to an activating group) is 1. The zero-order valence-electron chi connectivity index (χ0n) is 52.2. The average molecular weight is 1120 g/mol. The van der Waals surface area contributed by atoms with E-state index in [2.05, 4.69) is 74.7 Å². The second-order valence-electron chi connectivity index (χ2n) is 23.6. The molecule has 9 nitrogen and oxygen atoms in total. The number of allylic oxidation sites excluding steroid dienone is 9. The molecule has 0 rings (SSSR count). The van der Waals surface area contributed by atoms with Crippen LogP contribution in [0.1, 0.15) is 310 Å². The molecule has 0 spiro atoms. The molecule has 456 valence electrons. The molecule has 0 bridgehead atoms. The molecule has 0 aromatic rings. The van der Waals surface area contributed by atoms with Crippen molar-refractivity contribution in [2.45, 2.75) is 322 Å². The summed E-state index contributed by atoms with van der Waals surface area (Å²) < 4.78 is 30.7. The lowest BCUT2D eigenvalue weighted by Crippen LogP contribution is -2.47. The fourth-order valence-electron chi connectivity index (χ4n) is 9.57. The molecule has 0 aromatic carbocycles. The highest BCUT2D eigenvalue weighted by molar-refractivity contribution is 7.47. The summed E-state index contributed by atoms with van der Waals surface area (Å²) in [4.78, 5) is 37.8. The van der Waals surface area contributed by atoms with Crippen molar-refractivity contribution in [3.8, 4) is 0 Å². The van der Waals surface area contributed by atoms with E-state index in [0.717, 1.165) is 77.0 Å². The molecule has 78 heavy (non-hydrogen) atoms. The minimum absolute atomic E-state index is 0.0351. The Hall–Kier alpha value is -2.29. The number of amides is 1. The SMILES string of the molecule is CCCCC/C=C\C/C=C\C/C=C\C/C=C\CCCCCC(=O)OC(/C=C/CCCCCCCCCCCC)C(COP(=O)(O)OCC[N+](C)(C)C)NC(=O)CCCCCCCCCCCCCCCCCCCCCCC. The highest BCUT2D eigenvalue weighted by Crippen LogP contribution is 2.43. The van der Waals surface area contributed by atoms with Crippen LogP contribution in [-0.2, 0) is 27.9 Å². The lowest BCUT2D eigenvalue weighted by Gasteiger charge is -2.27. The lowest BCUT2D eigenvalue weighted by molar-refractivity contribution is -0.870. The molecule has 2 N–H and O–H groups in total. The molecule has 1 amide bonds. The molecule has 0 saturated heterocycles. The first-order valence-corrected chi connectivity index (χ1v) is 34.6. The van der Waals surface area contributed by atoms with Crippen molar-refractivity contribution in [2.75, 3.05) is 40.9 Å². The molecule has 3 atom stereocenters. The van der Waals surface area contributed by atoms with Gasteiger partial charge in [-0.05, 0) is 76.7 Å². The van der Waals surface area contributed by atoms with Crippen LogP contribution < -0.4 is 5.32 Å². The number of ether oxygens (including phenoxy) is 1. The van der Waals surface area contributed by atoms with E-state index in [1.165, 1.54) is 193 Å². The van der Waals surface area contributed by atoms with Crippen LogP contribution in [0.15, 0.2) is 60.8 Å². The maximum atomic E-state index is 13.6. The Balaban J connectivity index is 5.21. The molecule has 0 aliphatic rings. The number of rotatable bonds is 60. The highest BCUT2D eigenvalue weighted by atomic mass is 31.2. The topological polar surface area (TPSA) is 111 Å². The first-order chi connectivity index (χ1) is 37.9. The third-order valence-electron chi connectivity index (χ3n) is 14.7. The fraction of sp³-hybridized carbons (Fsp3) is 0.824. The van der Waals surface area contributed by atoms with E-state index in [0.29, 0.717) is 23.9 Å². The molecule has 10 heteroatoms. The van der Waals surface area contributed by atoms with Crippen LogP contribution in [0.4, 0.5) is 0 Å². The van der Waals surface area contributed by atoms with Crippen LogP contribution >= 0.6 is 7.82 Å². The van der Waals surface area contributed by atoms with Gasteiger partial charge in [-0.1, -0.05) is 281 Å². The number of unbranched alkanes of at least 4 members (excludes halogenated alkanes) is 36. The van der Waals surface area contributed by atoms with E-state index in [1.54, 1.807) is 0 Å². The van der Waals surface area contributed by atoms with E-state index in [9.17, 15) is 19.0 Å². The number of carbonyl (C=O) groups is 2. The summed E-state index contributed by atoms with van der Waals surface area (Å²) in [5.41, 5.74) is 0. The Kier molecular flexibility index (Phi) is 56.2. The third kappa shape index (κ3) is 58.4. The summed E-state index contributed by atoms with van der Waals surface area (Å²) in [7, 11) is 1.48. The molecular weight excluding hydrogens is 988 g/mol. The first kappa shape index (κ1) is 75.7. The van der Waals surface area contributed by atoms with E-state index < -0.39 is 20.0 Å². The standard InChI is InChI=1S/C68H127N2O7P/c1-7-10-13-16-19-22-25-28-30-32-34-35-37-38-40-42-45-48-51-54-57-60-67(71)69-65(64-76-78(73,74)75-63-62-70(4,5)6)66(59-56-53-50-47-44-27-24-21-18-15-12-9-3)77-68(72)61-58-55-52-49-46-43-41-39-36-33-31-29-26-23-20-17-14-11-8-2/h20,23,29,31,36,39,43,46,56,59,65-66H,7-19,21-22,24-28,30,32-35,37-38,40-42,44-45,47-55,57-58,60-64H2,1-6H3,(H-,69,71,73,74)/p+1/b23-20-,31-29-,39-36-,46-43-,59-56+. The van der Waals surface area contributed by atoms with Crippen LogP contribution in [0.25, 0.3) is 0 Å². The predicted octanol–water partition coefficient (Wildman–Crippen LogP) is 20.6. The first-order valence-electron chi connectivity index (χ1n) is 33.1. The zero-order valence-corrected chi connectivity index (χ0v) is 53.1. The molecule has 0 fully saturated rings. The normalized spacial score (nSPS) is 14.0. The van der Waals surface area contributed by atoms with Crippen molar-refractivity contribution in [1.82, 2.24) is 5.32 Å². The fourth-order valence-corrected chi connectivity index (χ4v) is 10.3. The summed E-state index contributed by atoms with van der Waals surface area (Å²) >= 11 is 0. The van der Waals surface area contributed by atoms with Gasteiger partial charge in [-0.25, -0.2) is 4.57 Å². The number of hydrogen-bond acceptors (Lipinski definition) is 6. The molecule has 0 saturated carbocycles. The Morgan fingerprint density at radius 1 is 0.449 bits per heavy atom. The van der Waals surface area contributed by atoms with Crippen LogP contribution in [0.3, 0.4) is 0 Å². The predicted molar refractivity (Wildman–Crippen MR) is 337 cm³/mol. The van der Waals surface area contributed by atoms with E-state index in [4.69, 9.17) is 13.8 Å². The van der Waals surface area contributed by atoms with E-state index in [1.807, 2.05) is 33.3 Å². The average Bonchev–Trinajstić information content (AvgIpc) is 3.40. The molecule has 0 heterocycles. The summed E-state index contributed by atoms with van der Waals surface area (Å²) in [6, 6.07) is -0.861. The van der Waals surface area contributed by atoms with Crippen LogP contribution in [-0.4, -0.2) is 74.3 Å². The number of nitrogens with zero attached hydrogens (tertiary/aromatic N) is 1. The maximum absolute atomic E-state index is 13.6. The summed E-state index contributed by atoms with van der Waals surface area (Å²) in [5.74, 6) is -0.530. The summed E-state index contributed by atoms with van der Waals surface area (Å²) in [5, 5.41) is 3.06. The Bertz CT molecular complexity index is 1520. The van der Waals surface area contributed by atoms with Crippen LogP contribution in [0.5, 0.6) is 0 Å². The third-order valence-corrected chi connectivity index (χ3v) is 15.7. The van der Waals surface area contributed by atoms with Crippen molar-refractivity contribution in [3.05, 3.63) is 60.8 Å². The second-order valence-corrected chi connectivity index (χ2v) is 25.1. The lowest BCUT2D eigenvalue weighted by atomic mass is 10.0. The monoisotopic (exact) mass is 1120 g/mol. The summed E-state index contributed by atoms with van der Waals surface area (Å²) in [6.45, 7) is 7.00. The largest absolute Gasteiger partial charge is 0.472 e. The van der Waals surface area contributed by atoms with Gasteiger partial charge in [0.15, 0.2) is 0 Å². The van der Waals surface area contributed by atoms with Crippen molar-refractivity contribution in [2.24, 2.45) is 0 Å². The van der Waals surface area contributed by atoms with Crippen molar-refractivity contribution >= 4 is 19.7 Å². The highest BCUT2D eigenvalue weighted by Gasteiger charge is 2.30. The number of quaternary nitrogens is 1. The number of phosphoric ester groups is 1. The van der Waals surface area contributed by atoms with Gasteiger partial charge >= 0.3 is 13.8 Å². The van der Waals surface area contributed by atoms with Crippen molar-refractivity contribution < 1.29 is 37.3 Å². The van der Waals surface area contributed by atoms with Gasteiger partial charge in [0, 0.05) is 12.8 Å². The molecule has 0 aliphatic heterocycles. The number of carbonyl (C=O) groups excluding carboxylic acids is 2. The number of nitrogens with one attached hydrogen (secondary N) is 1. The van der Waals surface area contributed by atoms with Crippen LogP contribution in [0.2, 0.25) is 0 Å². The van der Waals surface area contributed by atoms with E-state index in [-0.39, 0.29) is 31.5 Å². The Morgan fingerprint density at radius 3 is 1.21 bits per heavy atom. The molecular formula is C68H128N2O7P+. The summed E-state index contributed by atoms with van der Waals surface area (Å²) in [6.07, 6.45) is 73.7. The Morgan fingerprint density at radius 2 is 0.782 bits per heavy atom. The molecule has 0 aromatic heterocycles. The van der Waals surface area contributed by atoms with Gasteiger partial charge in [0.25, 0.3) is 0 Å². The van der Waals surface area contributed by atoms with Gasteiger partial charge < -0.3 is 19.4 Å². The quantitative estimate of drug-likeness (QED) is 0.0205. The van der Waals surface area contributed by atoms with Crippen molar-refractivity contribution in [3.63, 3.8) is 0 Å². The van der Waals surface area contributed by atoms with Gasteiger partial charge in [0.05, 0.1) is 33.8 Å². The molecule has 3 unspecified atom stereocenters. The Labute approximate surface area is 483 Å². The molecule has 0 radical (unpaired) electrons. The van der Waals surface area contributed by atoms with Crippen LogP contribution in [0, 0.1) is 0 Å². The van der Waals surface area contributed by atoms with Gasteiger partial charge in [0.1, 0.15) is 19.3 Å². The maximum Gasteiger partial charge on any atom is 0.472 e. The van der Waals surface area contributed by atoms with Gasteiger partial charge in [-0.3, -0.25) is 18.6 Å². The van der Waals surface area contributed by atoms with E-state index >= 15 is 0 Å². The molecule has 0 aliphatic carbocycles. The number of phosphoric acid groups is 1.